The van der Waals surface area contributed by atoms with Crippen molar-refractivity contribution >= 4 is 16.9 Å². The molecule has 2 rings (SSSR count). The van der Waals surface area contributed by atoms with Crippen LogP contribution in [0.15, 0.2) is 33.5 Å². The molecule has 0 fully saturated rings. The van der Waals surface area contributed by atoms with Crippen molar-refractivity contribution in [2.24, 2.45) is 0 Å². The number of carbonyl (C=O) groups excluding carboxylic acids is 1. The quantitative estimate of drug-likeness (QED) is 0.783. The third kappa shape index (κ3) is 3.16. The second-order valence-electron chi connectivity index (χ2n) is 4.23. The number of methoxy groups -OCH3 is 1. The van der Waals surface area contributed by atoms with E-state index in [0.29, 0.717) is 17.9 Å². The van der Waals surface area contributed by atoms with Crippen LogP contribution in [0.5, 0.6) is 5.75 Å². The van der Waals surface area contributed by atoms with Crippen LogP contribution >= 0.6 is 0 Å². The fourth-order valence-corrected chi connectivity index (χ4v) is 1.88. The van der Waals surface area contributed by atoms with Crippen LogP contribution in [-0.2, 0) is 11.3 Å². The van der Waals surface area contributed by atoms with Gasteiger partial charge in [0.05, 0.1) is 13.7 Å². The Kier molecular flexibility index (Phi) is 4.37. The monoisotopic (exact) mass is 276 g/mol. The summed E-state index contributed by atoms with van der Waals surface area (Å²) in [6.45, 7) is 0.593. The first kappa shape index (κ1) is 14.1. The van der Waals surface area contributed by atoms with Crippen molar-refractivity contribution in [1.82, 2.24) is 10.6 Å². The van der Waals surface area contributed by atoms with Crippen LogP contribution in [0.4, 0.5) is 0 Å². The molecule has 0 unspecified atom stereocenters. The summed E-state index contributed by atoms with van der Waals surface area (Å²) in [7, 11) is 3.12. The second kappa shape index (κ2) is 6.21. The Hall–Kier alpha value is -2.34. The average Bonchev–Trinajstić information content (AvgIpc) is 2.45. The number of nitrogens with one attached hydrogen (secondary N) is 2. The van der Waals surface area contributed by atoms with Gasteiger partial charge in [-0.2, -0.15) is 0 Å². The fourth-order valence-electron chi connectivity index (χ4n) is 1.88. The van der Waals surface area contributed by atoms with E-state index < -0.39 is 5.63 Å². The number of amides is 1. The first-order valence-corrected chi connectivity index (χ1v) is 6.16. The number of likely N-dealkylation sites (N-methyl/N-ethyl adjacent to an activating group) is 1. The molecule has 0 atom stereocenters. The van der Waals surface area contributed by atoms with Crippen molar-refractivity contribution in [1.29, 1.82) is 0 Å². The SMILES string of the molecule is CNC(=O)CNCc1cc(=O)oc2cc(OC)ccc12. The van der Waals surface area contributed by atoms with E-state index in [1.807, 2.05) is 6.07 Å². The normalized spacial score (nSPS) is 10.5. The Morgan fingerprint density at radius 1 is 1.35 bits per heavy atom. The minimum absolute atomic E-state index is 0.112. The lowest BCUT2D eigenvalue weighted by atomic mass is 10.1. The molecule has 0 saturated heterocycles. The van der Waals surface area contributed by atoms with Gasteiger partial charge in [0.25, 0.3) is 0 Å². The number of benzene rings is 1. The summed E-state index contributed by atoms with van der Waals surface area (Å²) >= 11 is 0. The molecule has 0 aliphatic rings. The molecule has 1 heterocycles. The highest BCUT2D eigenvalue weighted by atomic mass is 16.5. The Labute approximate surface area is 115 Å². The molecule has 106 valence electrons. The summed E-state index contributed by atoms with van der Waals surface area (Å²) in [5.41, 5.74) is 0.818. The van der Waals surface area contributed by atoms with Gasteiger partial charge in [-0.15, -0.1) is 0 Å². The molecule has 2 aromatic rings. The minimum Gasteiger partial charge on any atom is -0.497 e. The molecule has 1 aromatic heterocycles. The van der Waals surface area contributed by atoms with Crippen LogP contribution in [0, 0.1) is 0 Å². The third-order valence-electron chi connectivity index (χ3n) is 2.92. The highest BCUT2D eigenvalue weighted by Crippen LogP contribution is 2.22. The highest BCUT2D eigenvalue weighted by Gasteiger charge is 2.07. The molecule has 20 heavy (non-hydrogen) atoms. The largest absolute Gasteiger partial charge is 0.497 e. The fraction of sp³-hybridized carbons (Fsp3) is 0.286. The van der Waals surface area contributed by atoms with Crippen LogP contribution in [0.1, 0.15) is 5.56 Å². The smallest absolute Gasteiger partial charge is 0.336 e. The third-order valence-corrected chi connectivity index (χ3v) is 2.92. The van der Waals surface area contributed by atoms with Crippen LogP contribution in [0.25, 0.3) is 11.0 Å². The zero-order valence-corrected chi connectivity index (χ0v) is 11.4. The maximum absolute atomic E-state index is 11.5. The lowest BCUT2D eigenvalue weighted by molar-refractivity contribution is -0.119. The molecule has 0 saturated carbocycles. The maximum Gasteiger partial charge on any atom is 0.336 e. The van der Waals surface area contributed by atoms with Crippen LogP contribution < -0.4 is 21.0 Å². The summed E-state index contributed by atoms with van der Waals surface area (Å²) in [5.74, 6) is 0.509. The number of ether oxygens (including phenoxy) is 1. The van der Waals surface area contributed by atoms with E-state index in [2.05, 4.69) is 10.6 Å². The van der Waals surface area contributed by atoms with E-state index in [1.54, 1.807) is 26.3 Å². The summed E-state index contributed by atoms with van der Waals surface area (Å²) in [4.78, 5) is 22.7. The summed E-state index contributed by atoms with van der Waals surface area (Å²) in [6.07, 6.45) is 0. The van der Waals surface area contributed by atoms with Crippen molar-refractivity contribution in [2.75, 3.05) is 20.7 Å². The van der Waals surface area contributed by atoms with Crippen LogP contribution in [0.2, 0.25) is 0 Å². The molecule has 1 aromatic carbocycles. The maximum atomic E-state index is 11.5. The highest BCUT2D eigenvalue weighted by molar-refractivity contribution is 5.81. The number of rotatable bonds is 5. The summed E-state index contributed by atoms with van der Waals surface area (Å²) in [6, 6.07) is 6.71. The first-order chi connectivity index (χ1) is 9.63. The molecule has 1 amide bonds. The molecule has 0 aliphatic heterocycles. The van der Waals surface area contributed by atoms with Gasteiger partial charge < -0.3 is 19.8 Å². The Bertz CT molecular complexity index is 678. The van der Waals surface area contributed by atoms with Crippen LogP contribution in [-0.4, -0.2) is 26.6 Å². The van der Waals surface area contributed by atoms with E-state index >= 15 is 0 Å². The van der Waals surface area contributed by atoms with E-state index in [0.717, 1.165) is 10.9 Å². The summed E-state index contributed by atoms with van der Waals surface area (Å²) in [5, 5.41) is 6.31. The Balaban J connectivity index is 2.28. The van der Waals surface area contributed by atoms with Gasteiger partial charge in [0, 0.05) is 31.1 Å². The zero-order valence-electron chi connectivity index (χ0n) is 11.4. The van der Waals surface area contributed by atoms with Gasteiger partial charge in [-0.25, -0.2) is 4.79 Å². The number of hydrogen-bond donors (Lipinski definition) is 2. The zero-order chi connectivity index (χ0) is 14.5. The molecule has 6 nitrogen and oxygen atoms in total. The van der Waals surface area contributed by atoms with Gasteiger partial charge in [0.15, 0.2) is 0 Å². The van der Waals surface area contributed by atoms with Gasteiger partial charge in [0.2, 0.25) is 5.91 Å². The lowest BCUT2D eigenvalue weighted by Gasteiger charge is -2.08. The lowest BCUT2D eigenvalue weighted by Crippen LogP contribution is -2.31. The molecule has 0 aliphatic carbocycles. The Morgan fingerprint density at radius 2 is 2.15 bits per heavy atom. The number of carbonyl (C=O) groups is 1. The topological polar surface area (TPSA) is 80.6 Å². The molecule has 0 bridgehead atoms. The van der Waals surface area contributed by atoms with Crippen molar-refractivity contribution in [3.63, 3.8) is 0 Å². The average molecular weight is 276 g/mol. The van der Waals surface area contributed by atoms with Gasteiger partial charge in [-0.05, 0) is 17.7 Å². The molecular weight excluding hydrogens is 260 g/mol. The predicted molar refractivity (Wildman–Crippen MR) is 74.8 cm³/mol. The summed E-state index contributed by atoms with van der Waals surface area (Å²) < 4.78 is 10.2. The number of fused-ring (bicyclic) bond motifs is 1. The number of hydrogen-bond acceptors (Lipinski definition) is 5. The first-order valence-electron chi connectivity index (χ1n) is 6.16. The standard InChI is InChI=1S/C14H16N2O4/c1-15-13(17)8-16-7-9-5-14(18)20-12-6-10(19-2)3-4-11(9)12/h3-6,16H,7-8H2,1-2H3,(H,15,17). The molecule has 6 heteroatoms. The molecule has 2 N–H and O–H groups in total. The molecule has 0 radical (unpaired) electrons. The minimum atomic E-state index is -0.428. The van der Waals surface area contributed by atoms with E-state index in [1.165, 1.54) is 6.07 Å². The van der Waals surface area contributed by atoms with E-state index in [-0.39, 0.29) is 12.5 Å². The Morgan fingerprint density at radius 3 is 2.85 bits per heavy atom. The second-order valence-corrected chi connectivity index (χ2v) is 4.23. The van der Waals surface area contributed by atoms with Crippen molar-refractivity contribution in [3.05, 3.63) is 40.2 Å². The molecular formula is C14H16N2O4. The molecule has 0 spiro atoms. The van der Waals surface area contributed by atoms with E-state index in [4.69, 9.17) is 9.15 Å². The predicted octanol–water partition coefficient (Wildman–Crippen LogP) is 0.637. The van der Waals surface area contributed by atoms with E-state index in [9.17, 15) is 9.59 Å². The van der Waals surface area contributed by atoms with Crippen LogP contribution in [0.3, 0.4) is 0 Å². The van der Waals surface area contributed by atoms with Gasteiger partial charge in [-0.1, -0.05) is 0 Å². The van der Waals surface area contributed by atoms with Crippen molar-refractivity contribution < 1.29 is 13.9 Å². The van der Waals surface area contributed by atoms with Crippen molar-refractivity contribution in [3.8, 4) is 5.75 Å². The van der Waals surface area contributed by atoms with Gasteiger partial charge >= 0.3 is 5.63 Å². The van der Waals surface area contributed by atoms with Gasteiger partial charge in [-0.3, -0.25) is 4.79 Å². The van der Waals surface area contributed by atoms with Crippen molar-refractivity contribution in [2.45, 2.75) is 6.54 Å². The van der Waals surface area contributed by atoms with Gasteiger partial charge in [0.1, 0.15) is 11.3 Å².